The van der Waals surface area contributed by atoms with Crippen LogP contribution in [0.3, 0.4) is 0 Å². The molecule has 25 heavy (non-hydrogen) atoms. The lowest BCUT2D eigenvalue weighted by Gasteiger charge is -2.25. The van der Waals surface area contributed by atoms with Gasteiger partial charge in [-0.3, -0.25) is 14.5 Å². The number of likely N-dealkylation sites (tertiary alicyclic amines) is 2. The third kappa shape index (κ3) is 2.91. The molecule has 134 valence electrons. The largest absolute Gasteiger partial charge is 0.481 e. The molecule has 1 aliphatic carbocycles. The first-order chi connectivity index (χ1) is 11.9. The lowest BCUT2D eigenvalue weighted by atomic mass is 9.81. The first-order valence-electron chi connectivity index (χ1n) is 8.57. The number of benzene rings is 1. The van der Waals surface area contributed by atoms with E-state index in [9.17, 15) is 19.1 Å². The summed E-state index contributed by atoms with van der Waals surface area (Å²) < 4.78 is 13.3. The maximum absolute atomic E-state index is 13.3. The van der Waals surface area contributed by atoms with Crippen molar-refractivity contribution in [2.45, 2.75) is 19.4 Å². The number of hydrogen-bond acceptors (Lipinski definition) is 3. The van der Waals surface area contributed by atoms with Crippen molar-refractivity contribution in [2.75, 3.05) is 26.2 Å². The monoisotopic (exact) mass is 366 g/mol. The van der Waals surface area contributed by atoms with Gasteiger partial charge in [-0.15, -0.1) is 0 Å². The fraction of sp³-hybridized carbons (Fsp3) is 0.556. The summed E-state index contributed by atoms with van der Waals surface area (Å²) in [4.78, 5) is 28.5. The highest BCUT2D eigenvalue weighted by molar-refractivity contribution is 6.30. The normalized spacial score (nSPS) is 29.3. The van der Waals surface area contributed by atoms with Gasteiger partial charge in [0.2, 0.25) is 5.91 Å². The average molecular weight is 367 g/mol. The van der Waals surface area contributed by atoms with Crippen LogP contribution in [-0.2, 0) is 16.1 Å². The predicted molar refractivity (Wildman–Crippen MR) is 89.5 cm³/mol. The van der Waals surface area contributed by atoms with Crippen LogP contribution < -0.4 is 0 Å². The Balaban J connectivity index is 1.51. The van der Waals surface area contributed by atoms with E-state index in [-0.39, 0.29) is 10.9 Å². The molecule has 3 aliphatic rings. The maximum atomic E-state index is 13.3. The van der Waals surface area contributed by atoms with Gasteiger partial charge in [-0.05, 0) is 36.5 Å². The van der Waals surface area contributed by atoms with E-state index in [0.29, 0.717) is 38.6 Å². The van der Waals surface area contributed by atoms with Crippen LogP contribution >= 0.6 is 11.6 Å². The van der Waals surface area contributed by atoms with Crippen LogP contribution in [0.25, 0.3) is 0 Å². The number of fused-ring (bicyclic) bond motifs is 1. The number of hydrogen-bond donors (Lipinski definition) is 1. The molecule has 0 bridgehead atoms. The highest BCUT2D eigenvalue weighted by atomic mass is 35.5. The summed E-state index contributed by atoms with van der Waals surface area (Å²) in [6.45, 7) is 2.19. The van der Waals surface area contributed by atoms with Gasteiger partial charge in [-0.1, -0.05) is 17.7 Å². The van der Waals surface area contributed by atoms with Gasteiger partial charge in [-0.25, -0.2) is 4.39 Å². The topological polar surface area (TPSA) is 60.9 Å². The van der Waals surface area contributed by atoms with Crippen LogP contribution in [0.4, 0.5) is 4.39 Å². The molecule has 1 N–H and O–H groups in total. The molecule has 7 heteroatoms. The summed E-state index contributed by atoms with van der Waals surface area (Å²) in [6, 6.07) is 4.51. The van der Waals surface area contributed by atoms with Crippen LogP contribution in [0.5, 0.6) is 0 Å². The van der Waals surface area contributed by atoms with E-state index >= 15 is 0 Å². The molecule has 5 nitrogen and oxygen atoms in total. The second-order valence-electron chi connectivity index (χ2n) is 7.59. The van der Waals surface area contributed by atoms with Gasteiger partial charge in [0, 0.05) is 32.7 Å². The number of halogens is 2. The third-order valence-corrected chi connectivity index (χ3v) is 5.98. The summed E-state index contributed by atoms with van der Waals surface area (Å²) >= 11 is 5.82. The number of carboxylic acids is 1. The predicted octanol–water partition coefficient (Wildman–Crippen LogP) is 2.23. The first-order valence-corrected chi connectivity index (χ1v) is 8.95. The van der Waals surface area contributed by atoms with E-state index in [1.54, 1.807) is 17.0 Å². The molecular formula is C18H20ClFN2O3. The number of nitrogens with zero attached hydrogens (tertiary/aromatic N) is 2. The van der Waals surface area contributed by atoms with E-state index in [0.717, 1.165) is 18.4 Å². The smallest absolute Gasteiger partial charge is 0.313 e. The van der Waals surface area contributed by atoms with Crippen molar-refractivity contribution in [3.05, 3.63) is 34.6 Å². The minimum absolute atomic E-state index is 0.0334. The van der Waals surface area contributed by atoms with Crippen molar-refractivity contribution in [1.82, 2.24) is 9.80 Å². The Morgan fingerprint density at radius 3 is 2.72 bits per heavy atom. The fourth-order valence-corrected chi connectivity index (χ4v) is 4.39. The molecule has 1 aromatic rings. The summed E-state index contributed by atoms with van der Waals surface area (Å²) in [5.41, 5.74) is -0.218. The fourth-order valence-electron chi connectivity index (χ4n) is 4.19. The van der Waals surface area contributed by atoms with E-state index in [4.69, 9.17) is 11.6 Å². The highest BCUT2D eigenvalue weighted by Gasteiger charge is 2.62. The number of rotatable bonds is 5. The van der Waals surface area contributed by atoms with E-state index in [1.165, 1.54) is 6.07 Å². The van der Waals surface area contributed by atoms with Crippen LogP contribution in [0.1, 0.15) is 18.4 Å². The summed E-state index contributed by atoms with van der Waals surface area (Å²) in [5, 5.41) is 9.90. The molecule has 1 aromatic carbocycles. The van der Waals surface area contributed by atoms with Gasteiger partial charge in [-0.2, -0.15) is 0 Å². The quantitative estimate of drug-likeness (QED) is 0.868. The first kappa shape index (κ1) is 16.8. The summed E-state index contributed by atoms with van der Waals surface area (Å²) in [7, 11) is 0. The Bertz CT molecular complexity index is 739. The van der Waals surface area contributed by atoms with E-state index < -0.39 is 23.1 Å². The third-order valence-electron chi connectivity index (χ3n) is 5.69. The molecule has 2 atom stereocenters. The number of carbonyl (C=O) groups is 2. The zero-order valence-electron chi connectivity index (χ0n) is 13.8. The number of aliphatic carboxylic acids is 1. The zero-order chi connectivity index (χ0) is 17.8. The molecule has 0 unspecified atom stereocenters. The number of carbonyl (C=O) groups excluding carboxylic acids is 1. The molecule has 0 spiro atoms. The Hall–Kier alpha value is -1.66. The van der Waals surface area contributed by atoms with Crippen LogP contribution in [0, 0.1) is 23.1 Å². The molecule has 2 aliphatic heterocycles. The number of carboxylic acid groups (broad SMARTS) is 1. The standard InChI is InChI=1S/C18H20ClFN2O3/c19-14-5-12(3-4-15(14)20)6-21-8-13-16(23)22(7-11-1-2-11)10-18(13,9-21)17(24)25/h3-5,11,13H,1-2,6-10H2,(H,24,25)/t13-,18-/m1/s1. The summed E-state index contributed by atoms with van der Waals surface area (Å²) in [6.07, 6.45) is 2.26. The second kappa shape index (κ2) is 5.95. The molecule has 2 saturated heterocycles. The SMILES string of the molecule is O=C1[C@H]2CN(Cc3ccc(F)c(Cl)c3)C[C@@]2(C(=O)O)CN1CC1CC1. The molecule has 4 rings (SSSR count). The minimum Gasteiger partial charge on any atom is -0.481 e. The van der Waals surface area contributed by atoms with E-state index in [1.807, 2.05) is 4.90 Å². The van der Waals surface area contributed by atoms with Crippen molar-refractivity contribution >= 4 is 23.5 Å². The lowest BCUT2D eigenvalue weighted by Crippen LogP contribution is -2.41. The number of amides is 1. The Labute approximate surface area is 150 Å². The Kier molecular flexibility index (Phi) is 4.00. The molecule has 0 aromatic heterocycles. The van der Waals surface area contributed by atoms with Gasteiger partial charge in [0.05, 0.1) is 10.9 Å². The van der Waals surface area contributed by atoms with Gasteiger partial charge in [0.25, 0.3) is 0 Å². The van der Waals surface area contributed by atoms with Crippen molar-refractivity contribution in [1.29, 1.82) is 0 Å². The highest BCUT2D eigenvalue weighted by Crippen LogP contribution is 2.45. The molecule has 1 amide bonds. The second-order valence-corrected chi connectivity index (χ2v) is 8.00. The zero-order valence-corrected chi connectivity index (χ0v) is 14.5. The molecular weight excluding hydrogens is 347 g/mol. The van der Waals surface area contributed by atoms with Gasteiger partial charge >= 0.3 is 5.97 Å². The van der Waals surface area contributed by atoms with Gasteiger partial charge in [0.15, 0.2) is 0 Å². The van der Waals surface area contributed by atoms with E-state index in [2.05, 4.69) is 0 Å². The van der Waals surface area contributed by atoms with Crippen molar-refractivity contribution in [3.63, 3.8) is 0 Å². The molecule has 2 heterocycles. The Morgan fingerprint density at radius 1 is 1.36 bits per heavy atom. The summed E-state index contributed by atoms with van der Waals surface area (Å²) in [5.74, 6) is -1.36. The van der Waals surface area contributed by atoms with Crippen LogP contribution in [-0.4, -0.2) is 53.0 Å². The van der Waals surface area contributed by atoms with Gasteiger partial charge in [0.1, 0.15) is 11.2 Å². The molecule has 3 fully saturated rings. The maximum Gasteiger partial charge on any atom is 0.313 e. The lowest BCUT2D eigenvalue weighted by molar-refractivity contribution is -0.149. The van der Waals surface area contributed by atoms with Crippen LogP contribution in [0.15, 0.2) is 18.2 Å². The minimum atomic E-state index is -1.03. The molecule has 0 radical (unpaired) electrons. The Morgan fingerprint density at radius 2 is 2.12 bits per heavy atom. The van der Waals surface area contributed by atoms with Crippen molar-refractivity contribution in [3.8, 4) is 0 Å². The van der Waals surface area contributed by atoms with Crippen molar-refractivity contribution in [2.24, 2.45) is 17.3 Å². The van der Waals surface area contributed by atoms with Gasteiger partial charge < -0.3 is 10.0 Å². The average Bonchev–Trinajstić information content (AvgIpc) is 3.24. The van der Waals surface area contributed by atoms with Crippen LogP contribution in [0.2, 0.25) is 5.02 Å². The molecule has 1 saturated carbocycles. The van der Waals surface area contributed by atoms with Crippen molar-refractivity contribution < 1.29 is 19.1 Å².